The van der Waals surface area contributed by atoms with E-state index in [9.17, 15) is 4.79 Å². The van der Waals surface area contributed by atoms with Crippen LogP contribution in [-0.2, 0) is 11.2 Å². The molecule has 1 aliphatic rings. The molecule has 5 heteroatoms. The smallest absolute Gasteiger partial charge is 0.225 e. The molecule has 1 saturated heterocycles. The quantitative estimate of drug-likeness (QED) is 0.897. The highest BCUT2D eigenvalue weighted by molar-refractivity contribution is 5.77. The van der Waals surface area contributed by atoms with Crippen molar-refractivity contribution in [3.05, 3.63) is 52.8 Å². The van der Waals surface area contributed by atoms with Crippen molar-refractivity contribution in [2.24, 2.45) is 0 Å². The van der Waals surface area contributed by atoms with Gasteiger partial charge in [0.1, 0.15) is 0 Å². The minimum atomic E-state index is 0.0641. The molecule has 0 aliphatic carbocycles. The molecule has 1 aromatic heterocycles. The van der Waals surface area contributed by atoms with E-state index in [0.29, 0.717) is 6.42 Å². The first-order chi connectivity index (χ1) is 12.5. The zero-order valence-corrected chi connectivity index (χ0v) is 16.3. The van der Waals surface area contributed by atoms with Crippen molar-refractivity contribution in [3.8, 4) is 0 Å². The van der Waals surface area contributed by atoms with Crippen molar-refractivity contribution in [2.45, 2.75) is 52.6 Å². The van der Waals surface area contributed by atoms with Crippen molar-refractivity contribution in [3.63, 3.8) is 0 Å². The summed E-state index contributed by atoms with van der Waals surface area (Å²) in [6, 6.07) is 10.9. The molecule has 140 valence electrons. The molecule has 0 spiro atoms. The van der Waals surface area contributed by atoms with E-state index in [1.54, 1.807) is 0 Å². The fraction of sp³-hybridized carbons (Fsp3) is 0.524. The summed E-state index contributed by atoms with van der Waals surface area (Å²) in [5.41, 5.74) is 4.64. The summed E-state index contributed by atoms with van der Waals surface area (Å²) >= 11 is 0. The fourth-order valence-corrected chi connectivity index (χ4v) is 3.82. The second kappa shape index (κ2) is 8.04. The van der Waals surface area contributed by atoms with E-state index in [4.69, 9.17) is 0 Å². The van der Waals surface area contributed by atoms with Crippen LogP contribution in [-0.4, -0.2) is 40.2 Å². The number of hydrogen-bond donors (Lipinski definition) is 1. The zero-order valence-electron chi connectivity index (χ0n) is 16.3. The van der Waals surface area contributed by atoms with E-state index in [1.807, 2.05) is 23.4 Å². The molecule has 1 aliphatic heterocycles. The van der Waals surface area contributed by atoms with Crippen LogP contribution in [0.4, 0.5) is 0 Å². The number of rotatable bonds is 5. The van der Waals surface area contributed by atoms with Crippen LogP contribution in [0.15, 0.2) is 30.3 Å². The number of amides is 1. The van der Waals surface area contributed by atoms with Gasteiger partial charge in [0.15, 0.2) is 0 Å². The Hall–Kier alpha value is -2.14. The van der Waals surface area contributed by atoms with Gasteiger partial charge in [-0.2, -0.15) is 5.10 Å². The Morgan fingerprint density at radius 3 is 2.65 bits per heavy atom. The topological polar surface area (TPSA) is 50.2 Å². The normalized spacial score (nSPS) is 18.8. The maximum absolute atomic E-state index is 13.1. The van der Waals surface area contributed by atoms with Crippen LogP contribution in [0.3, 0.4) is 0 Å². The molecule has 5 nitrogen and oxygen atoms in total. The third-order valence-corrected chi connectivity index (χ3v) is 5.27. The standard InChI is InChI=1S/C21H30N4O/c1-5-18-6-8-19(9-7-18)20-14-22-10-11-24(20)21(26)13-17(4)25-16(3)12-15(2)23-25/h6-9,12,17,20,22H,5,10-11,13-14H2,1-4H3. The summed E-state index contributed by atoms with van der Waals surface area (Å²) in [5, 5.41) is 7.97. The number of piperazine rings is 1. The first kappa shape index (κ1) is 18.6. The largest absolute Gasteiger partial charge is 0.333 e. The van der Waals surface area contributed by atoms with Crippen molar-refractivity contribution >= 4 is 5.91 Å². The Kier molecular flexibility index (Phi) is 5.77. The molecule has 1 fully saturated rings. The van der Waals surface area contributed by atoms with Crippen LogP contribution >= 0.6 is 0 Å². The number of benzene rings is 1. The number of hydrogen-bond acceptors (Lipinski definition) is 3. The third kappa shape index (κ3) is 3.98. The Bertz CT molecular complexity index is 750. The molecule has 3 rings (SSSR count). The highest BCUT2D eigenvalue weighted by Gasteiger charge is 2.29. The van der Waals surface area contributed by atoms with Crippen LogP contribution in [0.1, 0.15) is 54.9 Å². The summed E-state index contributed by atoms with van der Waals surface area (Å²) in [7, 11) is 0. The predicted molar refractivity (Wildman–Crippen MR) is 104 cm³/mol. The van der Waals surface area contributed by atoms with E-state index in [2.05, 4.69) is 54.6 Å². The van der Waals surface area contributed by atoms with E-state index >= 15 is 0 Å². The SMILES string of the molecule is CCc1ccc(C2CNCCN2C(=O)CC(C)n2nc(C)cc2C)cc1. The highest BCUT2D eigenvalue weighted by atomic mass is 16.2. The fourth-order valence-electron chi connectivity index (χ4n) is 3.82. The number of carbonyl (C=O) groups is 1. The monoisotopic (exact) mass is 354 g/mol. The van der Waals surface area contributed by atoms with Gasteiger partial charge in [0, 0.05) is 31.7 Å². The van der Waals surface area contributed by atoms with Gasteiger partial charge in [-0.1, -0.05) is 31.2 Å². The number of nitrogens with one attached hydrogen (secondary N) is 1. The molecular weight excluding hydrogens is 324 g/mol. The van der Waals surface area contributed by atoms with Crippen LogP contribution in [0.5, 0.6) is 0 Å². The lowest BCUT2D eigenvalue weighted by atomic mass is 10.00. The summed E-state index contributed by atoms with van der Waals surface area (Å²) < 4.78 is 1.97. The molecule has 1 N–H and O–H groups in total. The molecule has 2 atom stereocenters. The summed E-state index contributed by atoms with van der Waals surface area (Å²) in [6.45, 7) is 10.7. The molecule has 2 aromatic rings. The van der Waals surface area contributed by atoms with E-state index in [1.165, 1.54) is 11.1 Å². The van der Waals surface area contributed by atoms with Crippen LogP contribution in [0, 0.1) is 13.8 Å². The lowest BCUT2D eigenvalue weighted by Crippen LogP contribution is -2.49. The second-order valence-electron chi connectivity index (χ2n) is 7.33. The number of aryl methyl sites for hydroxylation is 3. The summed E-state index contributed by atoms with van der Waals surface area (Å²) in [4.78, 5) is 15.1. The van der Waals surface area contributed by atoms with E-state index in [0.717, 1.165) is 37.4 Å². The lowest BCUT2D eigenvalue weighted by molar-refractivity contribution is -0.135. The van der Waals surface area contributed by atoms with Gasteiger partial charge in [-0.3, -0.25) is 9.48 Å². The van der Waals surface area contributed by atoms with Crippen molar-refractivity contribution in [1.82, 2.24) is 20.0 Å². The molecule has 26 heavy (non-hydrogen) atoms. The third-order valence-electron chi connectivity index (χ3n) is 5.27. The maximum atomic E-state index is 13.1. The first-order valence-electron chi connectivity index (χ1n) is 9.61. The van der Waals surface area contributed by atoms with Crippen molar-refractivity contribution in [1.29, 1.82) is 0 Å². The Morgan fingerprint density at radius 1 is 1.31 bits per heavy atom. The average Bonchev–Trinajstić information content (AvgIpc) is 3.00. The molecule has 1 aromatic carbocycles. The number of aromatic nitrogens is 2. The predicted octanol–water partition coefficient (Wildman–Crippen LogP) is 3.19. The number of carbonyl (C=O) groups excluding carboxylic acids is 1. The van der Waals surface area contributed by atoms with E-state index < -0.39 is 0 Å². The molecule has 0 radical (unpaired) electrons. The van der Waals surface area contributed by atoms with Gasteiger partial charge >= 0.3 is 0 Å². The van der Waals surface area contributed by atoms with Crippen LogP contribution in [0.2, 0.25) is 0 Å². The highest BCUT2D eigenvalue weighted by Crippen LogP contribution is 2.25. The molecular formula is C21H30N4O. The zero-order chi connectivity index (χ0) is 18.7. The van der Waals surface area contributed by atoms with Gasteiger partial charge in [-0.25, -0.2) is 0 Å². The molecule has 2 unspecified atom stereocenters. The molecule has 0 saturated carbocycles. The Labute approximate surface area is 156 Å². The minimum absolute atomic E-state index is 0.0641. The van der Waals surface area contributed by atoms with Crippen molar-refractivity contribution < 1.29 is 4.79 Å². The Morgan fingerprint density at radius 2 is 2.04 bits per heavy atom. The van der Waals surface area contributed by atoms with Gasteiger partial charge in [0.25, 0.3) is 0 Å². The number of nitrogens with zero attached hydrogens (tertiary/aromatic N) is 3. The van der Waals surface area contributed by atoms with Gasteiger partial charge in [-0.05, 0) is 44.4 Å². The lowest BCUT2D eigenvalue weighted by Gasteiger charge is -2.37. The van der Waals surface area contributed by atoms with E-state index in [-0.39, 0.29) is 18.0 Å². The first-order valence-corrected chi connectivity index (χ1v) is 9.61. The summed E-state index contributed by atoms with van der Waals surface area (Å²) in [6.07, 6.45) is 1.51. The van der Waals surface area contributed by atoms with Gasteiger partial charge in [-0.15, -0.1) is 0 Å². The van der Waals surface area contributed by atoms with Gasteiger partial charge in [0.05, 0.1) is 17.8 Å². The second-order valence-corrected chi connectivity index (χ2v) is 7.33. The Balaban J connectivity index is 1.74. The maximum Gasteiger partial charge on any atom is 0.225 e. The average molecular weight is 354 g/mol. The minimum Gasteiger partial charge on any atom is -0.333 e. The van der Waals surface area contributed by atoms with Gasteiger partial charge < -0.3 is 10.2 Å². The summed E-state index contributed by atoms with van der Waals surface area (Å²) in [5.74, 6) is 0.205. The van der Waals surface area contributed by atoms with Gasteiger partial charge in [0.2, 0.25) is 5.91 Å². The van der Waals surface area contributed by atoms with Crippen molar-refractivity contribution in [2.75, 3.05) is 19.6 Å². The van der Waals surface area contributed by atoms with Crippen LogP contribution < -0.4 is 5.32 Å². The van der Waals surface area contributed by atoms with Crippen LogP contribution in [0.25, 0.3) is 0 Å². The molecule has 1 amide bonds. The molecule has 2 heterocycles. The molecule has 0 bridgehead atoms.